The molecule has 14 N–H and O–H groups in total. The smallest absolute Gasteiger partial charge is 0.220 e. The molecule has 9 rings (SSSR count). The summed E-state index contributed by atoms with van der Waals surface area (Å²) >= 11 is 0. The van der Waals surface area contributed by atoms with E-state index >= 15 is 0 Å². The largest absolute Gasteiger partial charge is 0.394 e. The van der Waals surface area contributed by atoms with Gasteiger partial charge in [-0.05, 0) is 25.7 Å². The second kappa shape index (κ2) is 57.7. The molecule has 0 aromatic carbocycles. The number of amides is 6. The number of aliphatic hydroxyl groups excluding tert-OH is 8. The first-order chi connectivity index (χ1) is 63.0. The van der Waals surface area contributed by atoms with Gasteiger partial charge in [0.1, 0.15) is 94.2 Å². The average molecular weight is 1870 g/mol. The normalized spacial score (nSPS) is 25.1. The predicted octanol–water partition coefficient (Wildman–Crippen LogP) is -7.38. The van der Waals surface area contributed by atoms with E-state index in [1.54, 1.807) is 32.6 Å². The average Bonchev–Trinajstić information content (AvgIpc) is 1.63. The molecule has 9 heterocycles. The van der Waals surface area contributed by atoms with Crippen LogP contribution in [0.15, 0.2) is 18.6 Å². The lowest BCUT2D eigenvalue weighted by molar-refractivity contribution is -0.238. The number of hydrogen-bond acceptors (Lipinski definition) is 41. The molecule has 6 aliphatic heterocycles. The van der Waals surface area contributed by atoms with Crippen LogP contribution in [0.25, 0.3) is 0 Å². The molecule has 6 amide bonds. The van der Waals surface area contributed by atoms with Gasteiger partial charge in [0, 0.05) is 46.6 Å². The van der Waals surface area contributed by atoms with Crippen LogP contribution in [0.4, 0.5) is 0 Å². The molecule has 0 spiro atoms. The second-order valence-corrected chi connectivity index (χ2v) is 32.3. The van der Waals surface area contributed by atoms with Crippen molar-refractivity contribution in [3.63, 3.8) is 0 Å². The minimum Gasteiger partial charge on any atom is -0.394 e. The molecule has 15 atom stereocenters. The van der Waals surface area contributed by atoms with Crippen LogP contribution in [-0.4, -0.2) is 441 Å². The van der Waals surface area contributed by atoms with Gasteiger partial charge in [-0.1, -0.05) is 28.5 Å². The Balaban J connectivity index is 0.708. The van der Waals surface area contributed by atoms with Crippen LogP contribution >= 0.6 is 0 Å². The number of rotatable bonds is 73. The summed E-state index contributed by atoms with van der Waals surface area (Å²) in [6.45, 7) is 9.20. The first kappa shape index (κ1) is 107. The Labute approximate surface area is 752 Å². The zero-order valence-electron chi connectivity index (χ0n) is 74.3. The van der Waals surface area contributed by atoms with Crippen molar-refractivity contribution in [3.8, 4) is 0 Å². The maximum absolute atomic E-state index is 14.2. The first-order valence-corrected chi connectivity index (χ1v) is 44.2. The summed E-state index contributed by atoms with van der Waals surface area (Å²) in [4.78, 5) is 73.9. The van der Waals surface area contributed by atoms with Crippen LogP contribution in [0, 0.1) is 0 Å². The van der Waals surface area contributed by atoms with Crippen molar-refractivity contribution in [3.05, 3.63) is 35.7 Å². The molecule has 50 heteroatoms. The van der Waals surface area contributed by atoms with Gasteiger partial charge in [-0.25, -0.2) is 14.0 Å². The van der Waals surface area contributed by atoms with Crippen LogP contribution in [0.3, 0.4) is 0 Å². The molecule has 6 bridgehead atoms. The number of ether oxygens (including phenoxy) is 21. The number of aromatic nitrogens is 9. The Morgan fingerprint density at radius 2 is 0.692 bits per heavy atom. The van der Waals surface area contributed by atoms with E-state index in [0.29, 0.717) is 81.8 Å². The van der Waals surface area contributed by atoms with Crippen LogP contribution in [0.5, 0.6) is 0 Å². The minimum atomic E-state index is -1.35. The monoisotopic (exact) mass is 1870 g/mol. The van der Waals surface area contributed by atoms with E-state index in [-0.39, 0.29) is 268 Å². The number of nitrogens with one attached hydrogen (secondary N) is 6. The number of hydrogen-bond donors (Lipinski definition) is 14. The van der Waals surface area contributed by atoms with E-state index in [9.17, 15) is 69.6 Å². The van der Waals surface area contributed by atoms with Crippen molar-refractivity contribution in [1.29, 1.82) is 0 Å². The lowest BCUT2D eigenvalue weighted by Gasteiger charge is -2.42. The summed E-state index contributed by atoms with van der Waals surface area (Å²) in [5, 5.41) is 125. The first-order valence-electron chi connectivity index (χ1n) is 44.2. The Kier molecular flexibility index (Phi) is 47.4. The fourth-order valence-corrected chi connectivity index (χ4v) is 14.7. The SMILES string of the molecule is CC(=O)N[C@H]1[C@H]2OC[C@](COCCOCCOCCOCCn3cc(COCC(COCc4cn(CCOCCOCCOCCOC[C@@]56CO[C@@H](O5)[C@H](NC(C)=O)[C@@H](O)[C@H]6O)nn4)(COCc4cn(CCOCCOCCOCCOC[C@@]56CO[C@@H](O5)[C@H](NC(C)=O)[C@@H](O)[C@H]6O)nn4)NC(=O)CCCCCNC(=O)CCCCCC(=O)NC(CO)CO)nn3)(O2)[C@H](O)[C@@H]1O. The van der Waals surface area contributed by atoms with E-state index in [2.05, 4.69) is 62.8 Å². The molecule has 0 radical (unpaired) electrons. The number of carbonyl (C=O) groups is 6. The Morgan fingerprint density at radius 1 is 0.400 bits per heavy atom. The van der Waals surface area contributed by atoms with Crippen molar-refractivity contribution in [2.75, 3.05) is 218 Å². The zero-order chi connectivity index (χ0) is 92.8. The van der Waals surface area contributed by atoms with Crippen LogP contribution in [0.1, 0.15) is 95.6 Å². The molecule has 0 aliphatic carbocycles. The Hall–Kier alpha value is -6.92. The third kappa shape index (κ3) is 35.7. The third-order valence-electron chi connectivity index (χ3n) is 21.6. The standard InChI is InChI=1S/C80H135N15O35/c1-55(98)82-65-68(104)71(107)78(52-125-74(65)128-78)49-119-35-32-116-29-26-113-23-20-110-17-14-93-38-58(87-90-93)43-122-46-77(86-64(103)12-8-5-9-13-81-62(101)10-6-4-7-11-63(102)85-61(41-96)42-97,47-123-44-59-39-94(91-88-59)15-18-111-21-24-114-27-30-117-33-36-120-50-79-53-126-75(129-79)66(83-56(2)99)69(105)72(79)108)48-124-45-60-40-95(92-89-60)16-19-112-22-25-115-28-31-118-34-37-121-51-80-54-127-76(130-80)67(84-57(3)100)70(106)73(80)109/h38-40,61,65-76,96-97,104-109H,4-37,41-54H2,1-3H3,(H,81,101)(H,82,98)(H,83,99)(H,84,100)(H,85,102)(H,86,103)/t65-,66-,67-,68-,69-,70-,71-,72-,73-,74+,75+,76+,78+,79+,80+/m1/s1. The van der Waals surface area contributed by atoms with E-state index in [1.807, 2.05) is 0 Å². The summed E-state index contributed by atoms with van der Waals surface area (Å²) < 4.78 is 127. The van der Waals surface area contributed by atoms with Gasteiger partial charge < -0.3 is 172 Å². The van der Waals surface area contributed by atoms with Gasteiger partial charge in [0.15, 0.2) is 18.9 Å². The summed E-state index contributed by atoms with van der Waals surface area (Å²) in [6.07, 6.45) is -1.64. The van der Waals surface area contributed by atoms with Crippen molar-refractivity contribution in [2.24, 2.45) is 0 Å². The highest BCUT2D eigenvalue weighted by Gasteiger charge is 2.62. The number of unbranched alkanes of at least 4 members (excludes halogenated alkanes) is 4. The molecule has 6 aliphatic rings. The quantitative estimate of drug-likeness (QED) is 0.0234. The fraction of sp³-hybridized carbons (Fsp3) is 0.850. The molecular weight excluding hydrogens is 1730 g/mol. The predicted molar refractivity (Wildman–Crippen MR) is 440 cm³/mol. The molecule has 130 heavy (non-hydrogen) atoms. The Morgan fingerprint density at radius 3 is 1.01 bits per heavy atom. The zero-order valence-corrected chi connectivity index (χ0v) is 74.3. The van der Waals surface area contributed by atoms with Crippen LogP contribution in [-0.2, 0) is 168 Å². The maximum atomic E-state index is 14.2. The van der Waals surface area contributed by atoms with E-state index < -0.39 is 120 Å². The molecule has 0 unspecified atom stereocenters. The molecular formula is C80H135N15O35. The highest BCUT2D eigenvalue weighted by atomic mass is 16.8. The summed E-state index contributed by atoms with van der Waals surface area (Å²) in [5.74, 6) is -1.94. The minimum absolute atomic E-state index is 0.0236. The van der Waals surface area contributed by atoms with E-state index in [1.165, 1.54) is 20.8 Å². The van der Waals surface area contributed by atoms with Crippen molar-refractivity contribution in [2.45, 2.75) is 220 Å². The summed E-state index contributed by atoms with van der Waals surface area (Å²) in [6, 6.07) is -3.47. The number of nitrogens with zero attached hydrogens (tertiary/aromatic N) is 9. The van der Waals surface area contributed by atoms with Gasteiger partial charge in [0.25, 0.3) is 0 Å². The number of aliphatic hydroxyl groups is 8. The van der Waals surface area contributed by atoms with Crippen molar-refractivity contribution < 1.29 is 169 Å². The molecule has 740 valence electrons. The highest BCUT2D eigenvalue weighted by Crippen LogP contribution is 2.40. The highest BCUT2D eigenvalue weighted by molar-refractivity contribution is 5.77. The van der Waals surface area contributed by atoms with Gasteiger partial charge in [-0.15, -0.1) is 15.3 Å². The van der Waals surface area contributed by atoms with Gasteiger partial charge in [0.05, 0.1) is 276 Å². The summed E-state index contributed by atoms with van der Waals surface area (Å²) in [7, 11) is 0. The van der Waals surface area contributed by atoms with Gasteiger partial charge in [-0.2, -0.15) is 0 Å². The second-order valence-electron chi connectivity index (χ2n) is 32.3. The fourth-order valence-electron chi connectivity index (χ4n) is 14.7. The lowest BCUT2D eigenvalue weighted by Crippen LogP contribution is -2.66. The topological polar surface area (TPSA) is 622 Å². The molecule has 50 nitrogen and oxygen atoms in total. The molecule has 3 aromatic rings. The van der Waals surface area contributed by atoms with Crippen molar-refractivity contribution >= 4 is 35.4 Å². The molecule has 3 aromatic heterocycles. The van der Waals surface area contributed by atoms with Gasteiger partial charge in [0.2, 0.25) is 35.4 Å². The number of carbonyl (C=O) groups excluding carboxylic acids is 6. The van der Waals surface area contributed by atoms with Gasteiger partial charge >= 0.3 is 0 Å². The maximum Gasteiger partial charge on any atom is 0.220 e. The Bertz CT molecular complexity index is 3420. The van der Waals surface area contributed by atoms with Crippen molar-refractivity contribution in [1.82, 2.24) is 76.9 Å². The van der Waals surface area contributed by atoms with E-state index in [0.717, 1.165) is 0 Å². The summed E-state index contributed by atoms with van der Waals surface area (Å²) in [5.41, 5.74) is -3.77. The van der Waals surface area contributed by atoms with Crippen LogP contribution in [0.2, 0.25) is 0 Å². The third-order valence-corrected chi connectivity index (χ3v) is 21.6. The molecule has 6 fully saturated rings. The number of fused-ring (bicyclic) bond motifs is 6. The molecule has 6 saturated heterocycles. The van der Waals surface area contributed by atoms with E-state index in [4.69, 9.17) is 99.5 Å². The molecule has 0 saturated carbocycles. The lowest BCUT2D eigenvalue weighted by atomic mass is 9.88. The van der Waals surface area contributed by atoms with Crippen LogP contribution < -0.4 is 31.9 Å². The van der Waals surface area contributed by atoms with Gasteiger partial charge in [-0.3, -0.25) is 28.8 Å².